The molecular weight excluding hydrogens is 255 g/mol. The SMILES string of the molecule is Cc1cc(F)cc2[nH]c(C(=O)NC3CCCC3C)cc12. The molecule has 3 rings (SSSR count). The number of hydrogen-bond acceptors (Lipinski definition) is 1. The molecule has 106 valence electrons. The number of rotatable bonds is 2. The van der Waals surface area contributed by atoms with Crippen LogP contribution in [0.2, 0.25) is 0 Å². The van der Waals surface area contributed by atoms with Crippen molar-refractivity contribution in [3.63, 3.8) is 0 Å². The Morgan fingerprint density at radius 2 is 2.15 bits per heavy atom. The third-order valence-electron chi connectivity index (χ3n) is 4.33. The summed E-state index contributed by atoms with van der Waals surface area (Å²) in [5.74, 6) is 0.149. The zero-order valence-electron chi connectivity index (χ0n) is 11.8. The summed E-state index contributed by atoms with van der Waals surface area (Å²) in [6.07, 6.45) is 3.38. The number of H-pyrrole nitrogens is 1. The molecule has 2 aromatic rings. The number of fused-ring (bicyclic) bond motifs is 1. The molecule has 0 saturated heterocycles. The predicted octanol–water partition coefficient (Wildman–Crippen LogP) is 3.53. The topological polar surface area (TPSA) is 44.9 Å². The second-order valence-corrected chi connectivity index (χ2v) is 5.86. The molecule has 1 heterocycles. The van der Waals surface area contributed by atoms with Crippen LogP contribution in [-0.4, -0.2) is 16.9 Å². The van der Waals surface area contributed by atoms with Crippen molar-refractivity contribution in [2.24, 2.45) is 5.92 Å². The van der Waals surface area contributed by atoms with E-state index in [9.17, 15) is 9.18 Å². The van der Waals surface area contributed by atoms with E-state index in [1.54, 1.807) is 6.07 Å². The molecule has 0 spiro atoms. The minimum absolute atomic E-state index is 0.0974. The van der Waals surface area contributed by atoms with Crippen LogP contribution < -0.4 is 5.32 Å². The smallest absolute Gasteiger partial charge is 0.267 e. The standard InChI is InChI=1S/C16H19FN2O/c1-9-4-3-5-13(9)19-16(20)15-8-12-10(2)6-11(17)7-14(12)18-15/h6-9,13,18H,3-5H2,1-2H3,(H,19,20). The molecule has 0 aliphatic heterocycles. The molecule has 1 aliphatic rings. The van der Waals surface area contributed by atoms with Crippen LogP contribution >= 0.6 is 0 Å². The first-order valence-electron chi connectivity index (χ1n) is 7.14. The minimum Gasteiger partial charge on any atom is -0.350 e. The summed E-state index contributed by atoms with van der Waals surface area (Å²) in [5.41, 5.74) is 2.02. The van der Waals surface area contributed by atoms with E-state index >= 15 is 0 Å². The van der Waals surface area contributed by atoms with Crippen LogP contribution in [0.15, 0.2) is 18.2 Å². The predicted molar refractivity (Wildman–Crippen MR) is 77.3 cm³/mol. The van der Waals surface area contributed by atoms with Gasteiger partial charge in [-0.15, -0.1) is 0 Å². The van der Waals surface area contributed by atoms with Crippen LogP contribution in [0, 0.1) is 18.7 Å². The van der Waals surface area contributed by atoms with Crippen LogP contribution in [0.1, 0.15) is 42.2 Å². The third kappa shape index (κ3) is 2.30. The van der Waals surface area contributed by atoms with Crippen molar-refractivity contribution < 1.29 is 9.18 Å². The fourth-order valence-electron chi connectivity index (χ4n) is 3.10. The van der Waals surface area contributed by atoms with Gasteiger partial charge in [-0.2, -0.15) is 0 Å². The van der Waals surface area contributed by atoms with Crippen LogP contribution in [0.4, 0.5) is 4.39 Å². The molecule has 1 aromatic heterocycles. The van der Waals surface area contributed by atoms with Crippen molar-refractivity contribution >= 4 is 16.8 Å². The quantitative estimate of drug-likeness (QED) is 0.864. The summed E-state index contributed by atoms with van der Waals surface area (Å²) in [7, 11) is 0. The molecule has 1 saturated carbocycles. The Hall–Kier alpha value is -1.84. The monoisotopic (exact) mass is 274 g/mol. The maximum absolute atomic E-state index is 13.4. The number of benzene rings is 1. The molecule has 20 heavy (non-hydrogen) atoms. The van der Waals surface area contributed by atoms with Crippen molar-refractivity contribution in [3.8, 4) is 0 Å². The number of aromatic nitrogens is 1. The average Bonchev–Trinajstić information content (AvgIpc) is 2.96. The summed E-state index contributed by atoms with van der Waals surface area (Å²) in [5, 5.41) is 3.98. The lowest BCUT2D eigenvalue weighted by Gasteiger charge is -2.16. The summed E-state index contributed by atoms with van der Waals surface area (Å²) in [4.78, 5) is 15.3. The highest BCUT2D eigenvalue weighted by molar-refractivity contribution is 5.99. The van der Waals surface area contributed by atoms with Gasteiger partial charge >= 0.3 is 0 Å². The Kier molecular flexibility index (Phi) is 3.24. The lowest BCUT2D eigenvalue weighted by molar-refractivity contribution is 0.0925. The van der Waals surface area contributed by atoms with E-state index in [0.717, 1.165) is 17.4 Å². The second kappa shape index (κ2) is 4.93. The average molecular weight is 274 g/mol. The van der Waals surface area contributed by atoms with Crippen LogP contribution in [0.25, 0.3) is 10.9 Å². The zero-order valence-corrected chi connectivity index (χ0v) is 11.8. The Morgan fingerprint density at radius 1 is 1.35 bits per heavy atom. The number of amides is 1. The molecule has 0 bridgehead atoms. The van der Waals surface area contributed by atoms with Gasteiger partial charge in [0.1, 0.15) is 11.5 Å². The molecule has 2 N–H and O–H groups in total. The number of aromatic amines is 1. The zero-order chi connectivity index (χ0) is 14.3. The van der Waals surface area contributed by atoms with Gasteiger partial charge in [0.2, 0.25) is 0 Å². The number of hydrogen-bond donors (Lipinski definition) is 2. The first-order valence-corrected chi connectivity index (χ1v) is 7.14. The molecular formula is C16H19FN2O. The van der Waals surface area contributed by atoms with E-state index in [1.165, 1.54) is 25.0 Å². The van der Waals surface area contributed by atoms with Crippen LogP contribution in [0.3, 0.4) is 0 Å². The maximum Gasteiger partial charge on any atom is 0.267 e. The largest absolute Gasteiger partial charge is 0.350 e. The van der Waals surface area contributed by atoms with Gasteiger partial charge in [-0.1, -0.05) is 13.3 Å². The highest BCUT2D eigenvalue weighted by Gasteiger charge is 2.25. The van der Waals surface area contributed by atoms with Gasteiger partial charge in [-0.3, -0.25) is 4.79 Å². The van der Waals surface area contributed by atoms with E-state index in [4.69, 9.17) is 0 Å². The molecule has 0 radical (unpaired) electrons. The lowest BCUT2D eigenvalue weighted by Crippen LogP contribution is -2.36. The highest BCUT2D eigenvalue weighted by Crippen LogP contribution is 2.26. The minimum atomic E-state index is -0.284. The Balaban J connectivity index is 1.86. The van der Waals surface area contributed by atoms with Gasteiger partial charge in [0, 0.05) is 16.9 Å². The van der Waals surface area contributed by atoms with Crippen LogP contribution in [0.5, 0.6) is 0 Å². The molecule has 2 unspecified atom stereocenters. The van der Waals surface area contributed by atoms with E-state index in [1.807, 2.05) is 6.92 Å². The number of halogens is 1. The van der Waals surface area contributed by atoms with Crippen molar-refractivity contribution in [3.05, 3.63) is 35.3 Å². The first kappa shape index (κ1) is 13.2. The Bertz CT molecular complexity index is 662. The van der Waals surface area contributed by atoms with Crippen LogP contribution in [-0.2, 0) is 0 Å². The molecule has 1 fully saturated rings. The van der Waals surface area contributed by atoms with Gasteiger partial charge in [0.25, 0.3) is 5.91 Å². The van der Waals surface area contributed by atoms with Crippen molar-refractivity contribution in [2.45, 2.75) is 39.2 Å². The van der Waals surface area contributed by atoms with Gasteiger partial charge < -0.3 is 10.3 Å². The Labute approximate surface area is 117 Å². The highest BCUT2D eigenvalue weighted by atomic mass is 19.1. The Morgan fingerprint density at radius 3 is 2.85 bits per heavy atom. The molecule has 2 atom stereocenters. The molecule has 3 nitrogen and oxygen atoms in total. The number of aryl methyl sites for hydroxylation is 1. The van der Waals surface area contributed by atoms with Gasteiger partial charge in [0.15, 0.2) is 0 Å². The van der Waals surface area contributed by atoms with E-state index < -0.39 is 0 Å². The third-order valence-corrected chi connectivity index (χ3v) is 4.33. The number of nitrogens with one attached hydrogen (secondary N) is 2. The normalized spacial score (nSPS) is 22.4. The van der Waals surface area contributed by atoms with Crippen molar-refractivity contribution in [1.82, 2.24) is 10.3 Å². The maximum atomic E-state index is 13.4. The van der Waals surface area contributed by atoms with E-state index in [-0.39, 0.29) is 17.8 Å². The fourth-order valence-corrected chi connectivity index (χ4v) is 3.10. The van der Waals surface area contributed by atoms with Crippen molar-refractivity contribution in [1.29, 1.82) is 0 Å². The van der Waals surface area contributed by atoms with Gasteiger partial charge in [-0.05, 0) is 49.4 Å². The van der Waals surface area contributed by atoms with E-state index in [2.05, 4.69) is 17.2 Å². The molecule has 1 aromatic carbocycles. The summed E-state index contributed by atoms with van der Waals surface area (Å²) in [6, 6.07) is 4.97. The first-order chi connectivity index (χ1) is 9.54. The summed E-state index contributed by atoms with van der Waals surface area (Å²) >= 11 is 0. The van der Waals surface area contributed by atoms with E-state index in [0.29, 0.717) is 17.1 Å². The summed E-state index contributed by atoms with van der Waals surface area (Å²) < 4.78 is 13.4. The summed E-state index contributed by atoms with van der Waals surface area (Å²) in [6.45, 7) is 4.02. The van der Waals surface area contributed by atoms with Crippen molar-refractivity contribution in [2.75, 3.05) is 0 Å². The molecule has 4 heteroatoms. The fraction of sp³-hybridized carbons (Fsp3) is 0.438. The second-order valence-electron chi connectivity index (χ2n) is 5.86. The number of carbonyl (C=O) groups is 1. The molecule has 1 aliphatic carbocycles. The lowest BCUT2D eigenvalue weighted by atomic mass is 10.1. The van der Waals surface area contributed by atoms with Gasteiger partial charge in [0.05, 0.1) is 0 Å². The number of carbonyl (C=O) groups excluding carboxylic acids is 1. The molecule has 1 amide bonds. The van der Waals surface area contributed by atoms with Gasteiger partial charge in [-0.25, -0.2) is 4.39 Å².